The molecule has 1 saturated heterocycles. The van der Waals surface area contributed by atoms with E-state index in [1.807, 2.05) is 12.1 Å². The fourth-order valence-electron chi connectivity index (χ4n) is 3.02. The van der Waals surface area contributed by atoms with Crippen LogP contribution in [0.2, 0.25) is 0 Å². The lowest BCUT2D eigenvalue weighted by Crippen LogP contribution is -2.28. The number of ether oxygens (including phenoxy) is 1. The Balaban J connectivity index is 1.56. The van der Waals surface area contributed by atoms with Crippen molar-refractivity contribution < 1.29 is 13.7 Å². The van der Waals surface area contributed by atoms with Gasteiger partial charge in [0.1, 0.15) is 5.82 Å². The molecule has 1 N–H and O–H groups in total. The van der Waals surface area contributed by atoms with Gasteiger partial charge in [0, 0.05) is 44.1 Å². The van der Waals surface area contributed by atoms with Gasteiger partial charge in [-0.25, -0.2) is 19.4 Å². The highest BCUT2D eigenvalue weighted by Gasteiger charge is 2.22. The number of carbonyl (C=O) groups excluding carboxylic acids is 1. The predicted molar refractivity (Wildman–Crippen MR) is 105 cm³/mol. The molecule has 28 heavy (non-hydrogen) atoms. The summed E-state index contributed by atoms with van der Waals surface area (Å²) in [6.45, 7) is 1.80. The third kappa shape index (κ3) is 3.60. The third-order valence-corrected chi connectivity index (χ3v) is 5.84. The summed E-state index contributed by atoms with van der Waals surface area (Å²) in [6, 6.07) is 5.34. The Morgan fingerprint density at radius 3 is 2.86 bits per heavy atom. The molecule has 1 atom stereocenters. The van der Waals surface area contributed by atoms with Gasteiger partial charge in [0.25, 0.3) is 0 Å². The molecule has 10 heteroatoms. The van der Waals surface area contributed by atoms with Crippen LogP contribution >= 0.6 is 0 Å². The maximum absolute atomic E-state index is 12.4. The van der Waals surface area contributed by atoms with Gasteiger partial charge in [-0.1, -0.05) is 0 Å². The van der Waals surface area contributed by atoms with Crippen LogP contribution in [0.25, 0.3) is 16.7 Å². The molecule has 0 spiro atoms. The molecule has 1 aliphatic rings. The van der Waals surface area contributed by atoms with Crippen LogP contribution in [0.3, 0.4) is 0 Å². The second kappa shape index (κ2) is 8.03. The maximum Gasteiger partial charge on any atom is 0.323 e. The van der Waals surface area contributed by atoms with E-state index in [4.69, 9.17) is 4.74 Å². The van der Waals surface area contributed by atoms with E-state index in [0.29, 0.717) is 41.8 Å². The first-order chi connectivity index (χ1) is 13.7. The van der Waals surface area contributed by atoms with Crippen molar-refractivity contribution in [2.24, 2.45) is 0 Å². The molecule has 0 saturated carbocycles. The van der Waals surface area contributed by atoms with Gasteiger partial charge in [-0.15, -0.1) is 0 Å². The van der Waals surface area contributed by atoms with Crippen molar-refractivity contribution in [3.05, 3.63) is 36.8 Å². The zero-order valence-corrected chi connectivity index (χ0v) is 16.2. The first kappa shape index (κ1) is 18.5. The number of rotatable bonds is 7. The minimum absolute atomic E-state index is 0.141. The van der Waals surface area contributed by atoms with E-state index in [1.165, 1.54) is 0 Å². The molecular formula is C18H20N6O3S. The first-order valence-corrected chi connectivity index (χ1v) is 10.2. The molecule has 0 bridgehead atoms. The van der Waals surface area contributed by atoms with Crippen LogP contribution in [0.4, 0.5) is 10.6 Å². The smallest absolute Gasteiger partial charge is 0.323 e. The lowest BCUT2D eigenvalue weighted by atomic mass is 10.3. The molecule has 0 aromatic carbocycles. The Morgan fingerprint density at radius 2 is 2.14 bits per heavy atom. The van der Waals surface area contributed by atoms with Crippen molar-refractivity contribution in [1.82, 2.24) is 25.1 Å². The van der Waals surface area contributed by atoms with Gasteiger partial charge in [-0.2, -0.15) is 5.10 Å². The van der Waals surface area contributed by atoms with E-state index < -0.39 is 10.8 Å². The summed E-state index contributed by atoms with van der Waals surface area (Å²) in [5, 5.41) is 7.94. The van der Waals surface area contributed by atoms with Gasteiger partial charge in [0.15, 0.2) is 5.65 Å². The van der Waals surface area contributed by atoms with E-state index in [0.717, 1.165) is 17.5 Å². The number of nitrogens with zero attached hydrogens (tertiary/aromatic N) is 5. The van der Waals surface area contributed by atoms with E-state index in [9.17, 15) is 9.00 Å². The van der Waals surface area contributed by atoms with E-state index >= 15 is 0 Å². The molecule has 4 heterocycles. The summed E-state index contributed by atoms with van der Waals surface area (Å²) in [4.78, 5) is 22.8. The fraction of sp³-hybridized carbons (Fsp3) is 0.333. The van der Waals surface area contributed by atoms with Gasteiger partial charge in [-0.3, -0.25) is 9.11 Å². The van der Waals surface area contributed by atoms with Gasteiger partial charge in [0.2, 0.25) is 0 Å². The summed E-state index contributed by atoms with van der Waals surface area (Å²) in [5.41, 5.74) is 1.39. The van der Waals surface area contributed by atoms with Crippen molar-refractivity contribution in [2.45, 2.75) is 11.3 Å². The number of fused-ring (bicyclic) bond motifs is 1. The summed E-state index contributed by atoms with van der Waals surface area (Å²) in [7, 11) is 0.512. The lowest BCUT2D eigenvalue weighted by molar-refractivity contribution is 0.200. The third-order valence-electron chi connectivity index (χ3n) is 4.43. The second-order valence-corrected chi connectivity index (χ2v) is 7.87. The van der Waals surface area contributed by atoms with Crippen molar-refractivity contribution in [3.63, 3.8) is 0 Å². The number of pyridine rings is 2. The molecule has 1 aliphatic heterocycles. The minimum Gasteiger partial charge on any atom is -0.385 e. The standard InChI is InChI=1S/C18H20N6O3S/c1-27-7-2-8-28(26)15-9-13-10-22-24(17(13)21-12-15)14-3-4-16(20-11-14)23-6-5-19-18(23)25/h3-4,9-12H,2,5-8H2,1H3,(H,19,25)/t28-/m0/s1. The Labute approximate surface area is 164 Å². The maximum atomic E-state index is 12.4. The zero-order chi connectivity index (χ0) is 19.5. The highest BCUT2D eigenvalue weighted by Crippen LogP contribution is 2.21. The van der Waals surface area contributed by atoms with Crippen LogP contribution in [-0.4, -0.2) is 62.5 Å². The number of urea groups is 1. The Bertz CT molecular complexity index is 1020. The van der Waals surface area contributed by atoms with Gasteiger partial charge < -0.3 is 10.1 Å². The number of anilines is 1. The molecule has 4 rings (SSSR count). The van der Waals surface area contributed by atoms with Crippen LogP contribution < -0.4 is 10.2 Å². The quantitative estimate of drug-likeness (QED) is 0.603. The minimum atomic E-state index is -1.12. The molecule has 3 aromatic rings. The molecule has 0 radical (unpaired) electrons. The normalized spacial score (nSPS) is 15.2. The van der Waals surface area contributed by atoms with Crippen LogP contribution in [0.1, 0.15) is 6.42 Å². The average molecular weight is 400 g/mol. The van der Waals surface area contributed by atoms with Gasteiger partial charge in [0.05, 0.1) is 33.8 Å². The molecule has 0 unspecified atom stereocenters. The number of nitrogens with one attached hydrogen (secondary N) is 1. The van der Waals surface area contributed by atoms with Gasteiger partial charge in [-0.05, 0) is 24.6 Å². The molecule has 146 valence electrons. The van der Waals surface area contributed by atoms with Crippen LogP contribution in [0.15, 0.2) is 41.7 Å². The highest BCUT2D eigenvalue weighted by molar-refractivity contribution is 7.85. The molecule has 3 aromatic heterocycles. The van der Waals surface area contributed by atoms with E-state index in [2.05, 4.69) is 20.4 Å². The van der Waals surface area contributed by atoms with Crippen LogP contribution in [0.5, 0.6) is 0 Å². The van der Waals surface area contributed by atoms with Crippen molar-refractivity contribution in [2.75, 3.05) is 37.5 Å². The monoisotopic (exact) mass is 400 g/mol. The average Bonchev–Trinajstić information content (AvgIpc) is 3.34. The Kier molecular flexibility index (Phi) is 5.31. The van der Waals surface area contributed by atoms with Crippen LogP contribution in [-0.2, 0) is 15.5 Å². The number of hydrogen-bond acceptors (Lipinski definition) is 6. The summed E-state index contributed by atoms with van der Waals surface area (Å²) >= 11 is 0. The van der Waals surface area contributed by atoms with Crippen molar-refractivity contribution >= 4 is 33.7 Å². The highest BCUT2D eigenvalue weighted by atomic mass is 32.2. The van der Waals surface area contributed by atoms with E-state index in [1.54, 1.807) is 41.3 Å². The first-order valence-electron chi connectivity index (χ1n) is 8.90. The lowest BCUT2D eigenvalue weighted by Gasteiger charge is -2.13. The largest absolute Gasteiger partial charge is 0.385 e. The predicted octanol–water partition coefficient (Wildman–Crippen LogP) is 1.49. The molecule has 2 amide bonds. The number of amides is 2. The topological polar surface area (TPSA) is 102 Å². The van der Waals surface area contributed by atoms with Crippen molar-refractivity contribution in [1.29, 1.82) is 0 Å². The second-order valence-electron chi connectivity index (χ2n) is 6.29. The van der Waals surface area contributed by atoms with Crippen molar-refractivity contribution in [3.8, 4) is 5.69 Å². The number of hydrogen-bond donors (Lipinski definition) is 1. The Morgan fingerprint density at radius 1 is 1.25 bits per heavy atom. The molecule has 9 nitrogen and oxygen atoms in total. The number of methoxy groups -OCH3 is 1. The SMILES string of the molecule is COCCC[S@](=O)c1cnc2c(cnn2-c2ccc(N3CCNC3=O)nc2)c1. The Hall–Kier alpha value is -2.85. The van der Waals surface area contributed by atoms with Crippen LogP contribution in [0, 0.1) is 0 Å². The van der Waals surface area contributed by atoms with E-state index in [-0.39, 0.29) is 6.03 Å². The number of carbonyl (C=O) groups is 1. The molecular weight excluding hydrogens is 380 g/mol. The zero-order valence-electron chi connectivity index (χ0n) is 15.4. The van der Waals surface area contributed by atoms with Gasteiger partial charge >= 0.3 is 6.03 Å². The molecule has 1 fully saturated rings. The summed E-state index contributed by atoms with van der Waals surface area (Å²) in [6.07, 6.45) is 5.71. The fourth-order valence-corrected chi connectivity index (χ4v) is 4.06. The summed E-state index contributed by atoms with van der Waals surface area (Å²) < 4.78 is 19.0. The number of aromatic nitrogens is 4. The summed E-state index contributed by atoms with van der Waals surface area (Å²) in [5.74, 6) is 1.13. The molecule has 0 aliphatic carbocycles.